The largest absolute Gasteiger partial charge is 0.303 e. The van der Waals surface area contributed by atoms with Gasteiger partial charge >= 0.3 is 0 Å². The maximum atomic E-state index is 13.6. The van der Waals surface area contributed by atoms with E-state index in [-0.39, 0.29) is 16.2 Å². The van der Waals surface area contributed by atoms with Crippen molar-refractivity contribution < 1.29 is 21.6 Å². The van der Waals surface area contributed by atoms with Gasteiger partial charge in [0.2, 0.25) is 0 Å². The third-order valence-electron chi connectivity index (χ3n) is 5.12. The minimum atomic E-state index is -4.36. The summed E-state index contributed by atoms with van der Waals surface area (Å²) in [6, 6.07) is 14.9. The van der Waals surface area contributed by atoms with Crippen LogP contribution in [-0.2, 0) is 24.5 Å². The van der Waals surface area contributed by atoms with Crippen LogP contribution in [0.5, 0.6) is 0 Å². The third kappa shape index (κ3) is 3.91. The van der Waals surface area contributed by atoms with Gasteiger partial charge in [-0.1, -0.05) is 63.6 Å². The van der Waals surface area contributed by atoms with Gasteiger partial charge in [-0.2, -0.15) is 0 Å². The van der Waals surface area contributed by atoms with E-state index in [1.165, 1.54) is 48.5 Å². The van der Waals surface area contributed by atoms with Gasteiger partial charge in [-0.15, -0.1) is 0 Å². The molecule has 5 nitrogen and oxygen atoms in total. The maximum Gasteiger partial charge on any atom is 0.196 e. The third-order valence-corrected chi connectivity index (χ3v) is 10.5. The molecule has 0 aromatic heterocycles. The number of hydrogen-bond acceptors (Lipinski definition) is 5. The summed E-state index contributed by atoms with van der Waals surface area (Å²) in [6.07, 6.45) is 1.16. The number of rotatable bonds is 9. The number of carbonyl (C=O) groups is 1. The molecule has 0 radical (unpaired) electrons. The second-order valence-corrected chi connectivity index (χ2v) is 11.5. The fraction of sp³-hybridized carbons (Fsp3) is 0.381. The van der Waals surface area contributed by atoms with E-state index in [2.05, 4.69) is 0 Å². The Kier molecular flexibility index (Phi) is 6.83. The van der Waals surface area contributed by atoms with Gasteiger partial charge in [0.05, 0.1) is 15.2 Å². The fourth-order valence-electron chi connectivity index (χ4n) is 3.57. The predicted octanol–water partition coefficient (Wildman–Crippen LogP) is 3.90. The molecule has 0 unspecified atom stereocenters. The maximum absolute atomic E-state index is 13.6. The van der Waals surface area contributed by atoms with Crippen molar-refractivity contribution in [2.45, 2.75) is 48.0 Å². The Hall–Kier alpha value is -1.99. The lowest BCUT2D eigenvalue weighted by Crippen LogP contribution is -2.50. The molecule has 0 aliphatic carbocycles. The highest BCUT2D eigenvalue weighted by molar-refractivity contribution is 8.09. The highest BCUT2D eigenvalue weighted by Crippen LogP contribution is 2.44. The molecule has 7 heteroatoms. The zero-order valence-electron chi connectivity index (χ0n) is 16.3. The van der Waals surface area contributed by atoms with E-state index in [4.69, 9.17) is 0 Å². The van der Waals surface area contributed by atoms with Gasteiger partial charge in [-0.05, 0) is 36.6 Å². The molecular formula is C21H26O5S2. The topological polar surface area (TPSA) is 85.3 Å². The molecule has 1 atom stereocenters. The Morgan fingerprint density at radius 2 is 1.21 bits per heavy atom. The lowest BCUT2D eigenvalue weighted by Gasteiger charge is -2.38. The van der Waals surface area contributed by atoms with E-state index in [1.54, 1.807) is 26.0 Å². The summed E-state index contributed by atoms with van der Waals surface area (Å²) in [5.74, 6) is -0.494. The van der Waals surface area contributed by atoms with Crippen LogP contribution in [-0.4, -0.2) is 27.7 Å². The van der Waals surface area contributed by atoms with Crippen LogP contribution in [0.3, 0.4) is 0 Å². The molecule has 0 saturated heterocycles. The second-order valence-electron chi connectivity index (χ2n) is 7.18. The highest BCUT2D eigenvalue weighted by atomic mass is 32.3. The summed E-state index contributed by atoms with van der Waals surface area (Å²) in [5, 5.41) is 0. The second kappa shape index (κ2) is 8.57. The number of benzene rings is 2. The lowest BCUT2D eigenvalue weighted by atomic mass is 9.76. The van der Waals surface area contributed by atoms with Crippen LogP contribution in [0.2, 0.25) is 0 Å². The SMILES string of the molecule is CCC[C@@](C=O)(C(C)C)C(S(=O)(=O)c1ccccc1)S(=O)(=O)c1ccccc1. The van der Waals surface area contributed by atoms with E-state index < -0.39 is 35.6 Å². The zero-order valence-corrected chi connectivity index (χ0v) is 17.9. The summed E-state index contributed by atoms with van der Waals surface area (Å²) in [5.41, 5.74) is -1.57. The Balaban J connectivity index is 2.89. The van der Waals surface area contributed by atoms with Gasteiger partial charge in [-0.3, -0.25) is 0 Å². The first kappa shape index (κ1) is 22.3. The van der Waals surface area contributed by atoms with Crippen molar-refractivity contribution >= 4 is 26.0 Å². The molecule has 28 heavy (non-hydrogen) atoms. The molecule has 0 fully saturated rings. The first-order chi connectivity index (χ1) is 13.1. The van der Waals surface area contributed by atoms with Gasteiger partial charge in [0, 0.05) is 0 Å². The molecule has 152 valence electrons. The summed E-state index contributed by atoms with van der Waals surface area (Å²) in [4.78, 5) is 12.1. The zero-order chi connectivity index (χ0) is 21.0. The van der Waals surface area contributed by atoms with Crippen LogP contribution in [0.25, 0.3) is 0 Å². The molecule has 0 amide bonds. The van der Waals surface area contributed by atoms with Crippen molar-refractivity contribution in [3.8, 4) is 0 Å². The minimum absolute atomic E-state index is 0.109. The number of sulfone groups is 2. The van der Waals surface area contributed by atoms with Crippen LogP contribution >= 0.6 is 0 Å². The molecule has 0 saturated carbocycles. The normalized spacial score (nSPS) is 14.8. The summed E-state index contributed by atoms with van der Waals surface area (Å²) in [7, 11) is -8.73. The van der Waals surface area contributed by atoms with Crippen molar-refractivity contribution in [2.75, 3.05) is 0 Å². The van der Waals surface area contributed by atoms with Gasteiger partial charge in [0.1, 0.15) is 6.29 Å². The quantitative estimate of drug-likeness (QED) is 0.572. The molecule has 2 rings (SSSR count). The van der Waals surface area contributed by atoms with Crippen molar-refractivity contribution in [3.05, 3.63) is 60.7 Å². The molecule has 2 aromatic carbocycles. The Bertz CT molecular complexity index is 928. The standard InChI is InChI=1S/C21H26O5S2/c1-4-15-21(16-22,17(2)3)20(27(23,24)18-11-7-5-8-12-18)28(25,26)19-13-9-6-10-14-19/h5-14,16-17,20H,4,15H2,1-3H3/t21-/m1/s1. The summed E-state index contributed by atoms with van der Waals surface area (Å²) >= 11 is 0. The van der Waals surface area contributed by atoms with Crippen molar-refractivity contribution in [1.82, 2.24) is 0 Å². The van der Waals surface area contributed by atoms with Crippen LogP contribution in [0.4, 0.5) is 0 Å². The van der Waals surface area contributed by atoms with E-state index in [0.717, 1.165) is 0 Å². The molecule has 0 bridgehead atoms. The first-order valence-electron chi connectivity index (χ1n) is 9.18. The van der Waals surface area contributed by atoms with Crippen LogP contribution < -0.4 is 0 Å². The van der Waals surface area contributed by atoms with Crippen LogP contribution in [0, 0.1) is 11.3 Å². The number of hydrogen-bond donors (Lipinski definition) is 0. The van der Waals surface area contributed by atoms with E-state index in [1.807, 2.05) is 6.92 Å². The monoisotopic (exact) mass is 422 g/mol. The van der Waals surface area contributed by atoms with E-state index in [0.29, 0.717) is 12.7 Å². The molecule has 2 aromatic rings. The van der Waals surface area contributed by atoms with Gasteiger partial charge in [0.15, 0.2) is 24.3 Å². The molecule has 0 aliphatic heterocycles. The molecule has 0 aliphatic rings. The van der Waals surface area contributed by atoms with E-state index in [9.17, 15) is 21.6 Å². The van der Waals surface area contributed by atoms with E-state index >= 15 is 0 Å². The molecule has 0 spiro atoms. The number of aldehydes is 1. The Morgan fingerprint density at radius 1 is 0.821 bits per heavy atom. The molecule has 0 N–H and O–H groups in total. The van der Waals surface area contributed by atoms with Crippen molar-refractivity contribution in [3.63, 3.8) is 0 Å². The lowest BCUT2D eigenvalue weighted by molar-refractivity contribution is -0.118. The predicted molar refractivity (Wildman–Crippen MR) is 109 cm³/mol. The Morgan fingerprint density at radius 3 is 1.50 bits per heavy atom. The molecular weight excluding hydrogens is 396 g/mol. The van der Waals surface area contributed by atoms with Crippen molar-refractivity contribution in [1.29, 1.82) is 0 Å². The van der Waals surface area contributed by atoms with Gasteiger partial charge in [-0.25, -0.2) is 16.8 Å². The van der Waals surface area contributed by atoms with Gasteiger partial charge < -0.3 is 4.79 Å². The van der Waals surface area contributed by atoms with Crippen molar-refractivity contribution in [2.24, 2.45) is 11.3 Å². The smallest absolute Gasteiger partial charge is 0.196 e. The Labute approximate surface area is 167 Å². The fourth-order valence-corrected chi connectivity index (χ4v) is 9.19. The van der Waals surface area contributed by atoms with Crippen LogP contribution in [0.1, 0.15) is 33.6 Å². The number of carbonyl (C=O) groups excluding carboxylic acids is 1. The average molecular weight is 423 g/mol. The first-order valence-corrected chi connectivity index (χ1v) is 12.3. The average Bonchev–Trinajstić information content (AvgIpc) is 2.68. The minimum Gasteiger partial charge on any atom is -0.303 e. The summed E-state index contributed by atoms with van der Waals surface area (Å²) in [6.45, 7) is 5.19. The highest BCUT2D eigenvalue weighted by Gasteiger charge is 2.55. The van der Waals surface area contributed by atoms with Crippen LogP contribution in [0.15, 0.2) is 70.5 Å². The summed E-state index contributed by atoms with van der Waals surface area (Å²) < 4.78 is 52.5. The molecule has 0 heterocycles. The van der Waals surface area contributed by atoms with Gasteiger partial charge in [0.25, 0.3) is 0 Å².